The zero-order valence-corrected chi connectivity index (χ0v) is 12.9. The minimum Gasteiger partial charge on any atom is -0.182 e. The number of benzene rings is 2. The molecular weight excluding hydrogens is 294 g/mol. The quantitative estimate of drug-likeness (QED) is 0.660. The number of aryl methyl sites for hydroxylation is 1. The van der Waals surface area contributed by atoms with Crippen LogP contribution in [0.25, 0.3) is 16.8 Å². The van der Waals surface area contributed by atoms with Gasteiger partial charge in [0.2, 0.25) is 0 Å². The zero-order valence-electron chi connectivity index (χ0n) is 12.1. The number of halogens is 1. The summed E-state index contributed by atoms with van der Waals surface area (Å²) in [7, 11) is 0. The summed E-state index contributed by atoms with van der Waals surface area (Å²) >= 11 is 5.82. The Labute approximate surface area is 134 Å². The Balaban J connectivity index is 2.08. The van der Waals surface area contributed by atoms with Gasteiger partial charge >= 0.3 is 0 Å². The topological polar surface area (TPSA) is 30.7 Å². The summed E-state index contributed by atoms with van der Waals surface area (Å²) < 4.78 is 0. The van der Waals surface area contributed by atoms with Crippen LogP contribution in [0.15, 0.2) is 67.2 Å². The first-order valence-corrected chi connectivity index (χ1v) is 7.64. The lowest BCUT2D eigenvalue weighted by molar-refractivity contribution is 0.573. The normalized spacial score (nSPS) is 10.6. The summed E-state index contributed by atoms with van der Waals surface area (Å²) in [6.45, 7) is 4.78. The average Bonchev–Trinajstić information content (AvgIpc) is 3.00. The zero-order chi connectivity index (χ0) is 15.4. The maximum absolute atomic E-state index is 5.82. The summed E-state index contributed by atoms with van der Waals surface area (Å²) in [4.78, 5) is 1.64. The highest BCUT2D eigenvalue weighted by atomic mass is 35.5. The van der Waals surface area contributed by atoms with Gasteiger partial charge in [-0.1, -0.05) is 67.2 Å². The molecule has 0 unspecified atom stereocenters. The van der Waals surface area contributed by atoms with E-state index >= 15 is 0 Å². The molecule has 3 aromatic rings. The maximum Gasteiger partial charge on any atom is 0.121 e. The molecule has 22 heavy (non-hydrogen) atoms. The minimum atomic E-state index is 0.472. The minimum absolute atomic E-state index is 0.472. The summed E-state index contributed by atoms with van der Waals surface area (Å²) in [6, 6.07) is 20.0. The van der Waals surface area contributed by atoms with Crippen LogP contribution in [-0.4, -0.2) is 20.9 Å². The Hall–Kier alpha value is -2.39. The highest BCUT2D eigenvalue weighted by Gasteiger charge is 2.16. The van der Waals surface area contributed by atoms with E-state index < -0.39 is 0 Å². The summed E-state index contributed by atoms with van der Waals surface area (Å²) in [5.74, 6) is 0.472. The van der Waals surface area contributed by atoms with Crippen molar-refractivity contribution in [3.05, 3.63) is 78.5 Å². The number of aromatic nitrogens is 3. The van der Waals surface area contributed by atoms with Crippen molar-refractivity contribution in [3.63, 3.8) is 0 Å². The second-order valence-electron chi connectivity index (χ2n) is 4.89. The highest BCUT2D eigenvalue weighted by molar-refractivity contribution is 6.17. The van der Waals surface area contributed by atoms with Gasteiger partial charge in [-0.2, -0.15) is 15.0 Å². The van der Waals surface area contributed by atoms with E-state index in [1.165, 1.54) is 0 Å². The Morgan fingerprint density at radius 3 is 2.23 bits per heavy atom. The molecule has 0 saturated heterocycles. The molecule has 0 spiro atoms. The van der Waals surface area contributed by atoms with E-state index in [-0.39, 0.29) is 0 Å². The number of hydrogen-bond donors (Lipinski definition) is 0. The Kier molecular flexibility index (Phi) is 4.35. The third-order valence-corrected chi connectivity index (χ3v) is 3.56. The van der Waals surface area contributed by atoms with Gasteiger partial charge in [0.1, 0.15) is 11.4 Å². The molecule has 110 valence electrons. The predicted octanol–water partition coefficient (Wildman–Crippen LogP) is 4.25. The smallest absolute Gasteiger partial charge is 0.121 e. The van der Waals surface area contributed by atoms with Gasteiger partial charge in [-0.25, -0.2) is 0 Å². The summed E-state index contributed by atoms with van der Waals surface area (Å²) in [6.07, 6.45) is 0. The molecule has 2 aromatic carbocycles. The van der Waals surface area contributed by atoms with Crippen molar-refractivity contribution >= 4 is 17.2 Å². The Morgan fingerprint density at radius 2 is 1.59 bits per heavy atom. The maximum atomic E-state index is 5.82. The van der Waals surface area contributed by atoms with Gasteiger partial charge in [-0.3, -0.25) is 0 Å². The molecule has 0 amide bonds. The van der Waals surface area contributed by atoms with E-state index in [4.69, 9.17) is 11.6 Å². The average molecular weight is 310 g/mol. The van der Waals surface area contributed by atoms with Crippen LogP contribution in [-0.2, 0) is 6.54 Å². The molecular formula is C18H16ClN3. The molecule has 3 nitrogen and oxygen atoms in total. The van der Waals surface area contributed by atoms with Crippen molar-refractivity contribution in [2.24, 2.45) is 0 Å². The molecule has 0 radical (unpaired) electrons. The van der Waals surface area contributed by atoms with Crippen molar-refractivity contribution < 1.29 is 0 Å². The third-order valence-electron chi connectivity index (χ3n) is 3.40. The lowest BCUT2D eigenvalue weighted by Gasteiger charge is -2.04. The molecule has 1 heterocycles. The van der Waals surface area contributed by atoms with Gasteiger partial charge in [0.15, 0.2) is 0 Å². The SMILES string of the molecule is C=C(c1ccccc1)c1nn(CCCl)nc1-c1ccccc1. The number of nitrogens with zero attached hydrogens (tertiary/aromatic N) is 3. The molecule has 0 bridgehead atoms. The van der Waals surface area contributed by atoms with Crippen molar-refractivity contribution in [2.45, 2.75) is 6.54 Å². The van der Waals surface area contributed by atoms with Crippen molar-refractivity contribution in [1.29, 1.82) is 0 Å². The lowest BCUT2D eigenvalue weighted by Crippen LogP contribution is -2.03. The Bertz CT molecular complexity index is 764. The summed E-state index contributed by atoms with van der Waals surface area (Å²) in [5.41, 5.74) is 4.55. The Morgan fingerprint density at radius 1 is 0.955 bits per heavy atom. The predicted molar refractivity (Wildman–Crippen MR) is 90.8 cm³/mol. The van der Waals surface area contributed by atoms with Gasteiger partial charge in [0.05, 0.1) is 6.54 Å². The van der Waals surface area contributed by atoms with Crippen LogP contribution in [0.3, 0.4) is 0 Å². The first kappa shape index (κ1) is 14.5. The number of alkyl halides is 1. The van der Waals surface area contributed by atoms with Crippen LogP contribution in [0.1, 0.15) is 11.3 Å². The van der Waals surface area contributed by atoms with Gasteiger partial charge in [-0.05, 0) is 5.56 Å². The van der Waals surface area contributed by atoms with Crippen LogP contribution < -0.4 is 0 Å². The van der Waals surface area contributed by atoms with E-state index in [2.05, 4.69) is 16.8 Å². The second kappa shape index (κ2) is 6.58. The molecule has 0 aliphatic heterocycles. The van der Waals surface area contributed by atoms with Gasteiger partial charge < -0.3 is 0 Å². The first-order chi connectivity index (χ1) is 10.8. The highest BCUT2D eigenvalue weighted by Crippen LogP contribution is 2.28. The first-order valence-electron chi connectivity index (χ1n) is 7.11. The van der Waals surface area contributed by atoms with Crippen LogP contribution in [0.5, 0.6) is 0 Å². The molecule has 0 N–H and O–H groups in total. The van der Waals surface area contributed by atoms with Crippen molar-refractivity contribution in [3.8, 4) is 11.3 Å². The van der Waals surface area contributed by atoms with E-state index in [1.54, 1.807) is 4.80 Å². The molecule has 3 rings (SSSR count). The van der Waals surface area contributed by atoms with Crippen LogP contribution in [0.2, 0.25) is 0 Å². The van der Waals surface area contributed by atoms with E-state index in [1.807, 2.05) is 60.7 Å². The molecule has 0 fully saturated rings. The monoisotopic (exact) mass is 309 g/mol. The van der Waals surface area contributed by atoms with E-state index in [0.717, 1.165) is 28.1 Å². The van der Waals surface area contributed by atoms with Gasteiger partial charge in [-0.15, -0.1) is 11.6 Å². The molecule has 4 heteroatoms. The number of rotatable bonds is 5. The fourth-order valence-corrected chi connectivity index (χ4v) is 2.44. The van der Waals surface area contributed by atoms with Crippen LogP contribution in [0.4, 0.5) is 0 Å². The van der Waals surface area contributed by atoms with Crippen LogP contribution >= 0.6 is 11.6 Å². The van der Waals surface area contributed by atoms with Crippen LogP contribution in [0, 0.1) is 0 Å². The number of hydrogen-bond acceptors (Lipinski definition) is 2. The molecule has 0 aliphatic rings. The van der Waals surface area contributed by atoms with Gasteiger partial charge in [0.25, 0.3) is 0 Å². The van der Waals surface area contributed by atoms with E-state index in [0.29, 0.717) is 12.4 Å². The second-order valence-corrected chi connectivity index (χ2v) is 5.27. The fraction of sp³-hybridized carbons (Fsp3) is 0.111. The molecule has 0 aliphatic carbocycles. The fourth-order valence-electron chi connectivity index (χ4n) is 2.29. The standard InChI is InChI=1S/C18H16ClN3/c1-14(15-8-4-2-5-9-15)17-18(16-10-6-3-7-11-16)21-22(20-17)13-12-19/h2-11H,1,12-13H2. The lowest BCUT2D eigenvalue weighted by atomic mass is 10.0. The largest absolute Gasteiger partial charge is 0.182 e. The summed E-state index contributed by atoms with van der Waals surface area (Å²) in [5, 5.41) is 9.15. The van der Waals surface area contributed by atoms with E-state index in [9.17, 15) is 0 Å². The van der Waals surface area contributed by atoms with Crippen molar-refractivity contribution in [1.82, 2.24) is 15.0 Å². The molecule has 0 atom stereocenters. The van der Waals surface area contributed by atoms with Crippen molar-refractivity contribution in [2.75, 3.05) is 5.88 Å². The molecule has 1 aromatic heterocycles. The van der Waals surface area contributed by atoms with Gasteiger partial charge in [0, 0.05) is 17.0 Å². The third kappa shape index (κ3) is 2.95. The molecule has 0 saturated carbocycles.